The third kappa shape index (κ3) is 2.23. The highest BCUT2D eigenvalue weighted by molar-refractivity contribution is 5.98. The van der Waals surface area contributed by atoms with Gasteiger partial charge in [-0.1, -0.05) is 0 Å². The van der Waals surface area contributed by atoms with Gasteiger partial charge in [0.15, 0.2) is 5.69 Å². The van der Waals surface area contributed by atoms with Gasteiger partial charge >= 0.3 is 0 Å². The fourth-order valence-electron chi connectivity index (χ4n) is 2.75. The van der Waals surface area contributed by atoms with Crippen LogP contribution in [0.15, 0.2) is 0 Å². The van der Waals surface area contributed by atoms with Crippen molar-refractivity contribution in [2.45, 2.75) is 31.6 Å². The van der Waals surface area contributed by atoms with Crippen LogP contribution in [0.2, 0.25) is 0 Å². The van der Waals surface area contributed by atoms with Crippen LogP contribution in [0, 0.1) is 5.92 Å². The Morgan fingerprint density at radius 3 is 2.70 bits per heavy atom. The molecule has 1 aromatic heterocycles. The first-order valence-corrected chi connectivity index (χ1v) is 7.00. The van der Waals surface area contributed by atoms with Crippen LogP contribution in [0.25, 0.3) is 0 Å². The SMILES string of the molecule is NC(=O)C1CCCN(C(=O)c2n[nH]c(C3CC3)c2N)C1. The topological polar surface area (TPSA) is 118 Å². The lowest BCUT2D eigenvalue weighted by molar-refractivity contribution is -0.123. The molecule has 5 N–H and O–H groups in total. The number of H-pyrrole nitrogens is 1. The number of carbonyl (C=O) groups excluding carboxylic acids is 2. The molecule has 0 radical (unpaired) electrons. The summed E-state index contributed by atoms with van der Waals surface area (Å²) in [4.78, 5) is 25.3. The molecular weight excluding hydrogens is 258 g/mol. The summed E-state index contributed by atoms with van der Waals surface area (Å²) >= 11 is 0. The third-order valence-electron chi connectivity index (χ3n) is 4.13. The predicted octanol–water partition coefficient (Wildman–Crippen LogP) is 0.207. The summed E-state index contributed by atoms with van der Waals surface area (Å²) in [6.07, 6.45) is 3.70. The number of anilines is 1. The maximum atomic E-state index is 12.5. The molecule has 0 bridgehead atoms. The van der Waals surface area contributed by atoms with Gasteiger partial charge in [0.05, 0.1) is 17.3 Å². The molecule has 1 aliphatic heterocycles. The van der Waals surface area contributed by atoms with Gasteiger partial charge in [0.25, 0.3) is 5.91 Å². The molecule has 1 saturated heterocycles. The van der Waals surface area contributed by atoms with Gasteiger partial charge in [-0.15, -0.1) is 0 Å². The van der Waals surface area contributed by atoms with Crippen LogP contribution in [0.4, 0.5) is 5.69 Å². The molecule has 2 aliphatic rings. The van der Waals surface area contributed by atoms with E-state index in [1.807, 2.05) is 0 Å². The fraction of sp³-hybridized carbons (Fsp3) is 0.615. The van der Waals surface area contributed by atoms with Crippen molar-refractivity contribution in [2.24, 2.45) is 11.7 Å². The molecule has 1 unspecified atom stereocenters. The summed E-state index contributed by atoms with van der Waals surface area (Å²) in [5, 5.41) is 6.94. The Morgan fingerprint density at radius 2 is 2.05 bits per heavy atom. The number of likely N-dealkylation sites (tertiary alicyclic amines) is 1. The predicted molar refractivity (Wildman–Crippen MR) is 72.8 cm³/mol. The van der Waals surface area contributed by atoms with Crippen LogP contribution in [-0.2, 0) is 4.79 Å². The van der Waals surface area contributed by atoms with Gasteiger partial charge in [-0.05, 0) is 25.7 Å². The number of rotatable bonds is 3. The van der Waals surface area contributed by atoms with Gasteiger partial charge in [-0.25, -0.2) is 0 Å². The number of nitrogens with one attached hydrogen (secondary N) is 1. The zero-order chi connectivity index (χ0) is 14.3. The first kappa shape index (κ1) is 13.0. The highest BCUT2D eigenvalue weighted by Crippen LogP contribution is 2.42. The smallest absolute Gasteiger partial charge is 0.276 e. The molecule has 2 amide bonds. The number of aromatic nitrogens is 2. The van der Waals surface area contributed by atoms with Crippen molar-refractivity contribution in [2.75, 3.05) is 18.8 Å². The molecule has 1 saturated carbocycles. The standard InChI is InChI=1S/C13H19N5O2/c14-9-10(7-3-4-7)16-17-11(9)13(20)18-5-1-2-8(6-18)12(15)19/h7-8H,1-6,14H2,(H2,15,19)(H,16,17). The van der Waals surface area contributed by atoms with Crippen LogP contribution in [0.1, 0.15) is 47.8 Å². The third-order valence-corrected chi connectivity index (χ3v) is 4.13. The maximum absolute atomic E-state index is 12.5. The Bertz CT molecular complexity index is 549. The van der Waals surface area contributed by atoms with E-state index in [1.54, 1.807) is 4.90 Å². The van der Waals surface area contributed by atoms with E-state index in [0.29, 0.717) is 24.7 Å². The van der Waals surface area contributed by atoms with Gasteiger partial charge in [-0.3, -0.25) is 14.7 Å². The second-order valence-corrected chi connectivity index (χ2v) is 5.67. The Kier molecular flexibility index (Phi) is 3.11. The number of nitrogens with zero attached hydrogens (tertiary/aromatic N) is 2. The Morgan fingerprint density at radius 1 is 1.30 bits per heavy atom. The zero-order valence-electron chi connectivity index (χ0n) is 11.3. The highest BCUT2D eigenvalue weighted by Gasteiger charge is 2.33. The van der Waals surface area contributed by atoms with Crippen molar-refractivity contribution < 1.29 is 9.59 Å². The molecule has 2 fully saturated rings. The van der Waals surface area contributed by atoms with Gasteiger partial charge in [-0.2, -0.15) is 5.10 Å². The summed E-state index contributed by atoms with van der Waals surface area (Å²) in [5.41, 5.74) is 12.9. The summed E-state index contributed by atoms with van der Waals surface area (Å²) in [5.74, 6) is -0.410. The maximum Gasteiger partial charge on any atom is 0.276 e. The Hall–Kier alpha value is -2.05. The molecule has 1 aromatic rings. The molecule has 2 heterocycles. The molecule has 3 rings (SSSR count). The van der Waals surface area contributed by atoms with Crippen molar-refractivity contribution in [3.05, 3.63) is 11.4 Å². The van der Waals surface area contributed by atoms with Gasteiger partial charge in [0, 0.05) is 19.0 Å². The number of aromatic amines is 1. The summed E-state index contributed by atoms with van der Waals surface area (Å²) in [6.45, 7) is 0.979. The second-order valence-electron chi connectivity index (χ2n) is 5.67. The monoisotopic (exact) mass is 277 g/mol. The van der Waals surface area contributed by atoms with Crippen molar-refractivity contribution in [1.82, 2.24) is 15.1 Å². The quantitative estimate of drug-likeness (QED) is 0.731. The van der Waals surface area contributed by atoms with Crippen LogP contribution in [0.3, 0.4) is 0 Å². The van der Waals surface area contributed by atoms with Crippen LogP contribution >= 0.6 is 0 Å². The number of nitrogens with two attached hydrogens (primary N) is 2. The van der Waals surface area contributed by atoms with Crippen molar-refractivity contribution in [3.8, 4) is 0 Å². The van der Waals surface area contributed by atoms with E-state index in [-0.39, 0.29) is 23.4 Å². The van der Waals surface area contributed by atoms with Crippen molar-refractivity contribution in [1.29, 1.82) is 0 Å². The Balaban J connectivity index is 1.76. The van der Waals surface area contributed by atoms with E-state index in [2.05, 4.69) is 10.2 Å². The molecule has 108 valence electrons. The van der Waals surface area contributed by atoms with Crippen molar-refractivity contribution >= 4 is 17.5 Å². The lowest BCUT2D eigenvalue weighted by Crippen LogP contribution is -2.44. The molecule has 1 atom stereocenters. The number of primary amides is 1. The number of nitrogen functional groups attached to an aromatic ring is 1. The highest BCUT2D eigenvalue weighted by atomic mass is 16.2. The summed E-state index contributed by atoms with van der Waals surface area (Å²) in [6, 6.07) is 0. The van der Waals surface area contributed by atoms with Gasteiger partial charge in [0.2, 0.25) is 5.91 Å². The molecule has 0 aromatic carbocycles. The molecular formula is C13H19N5O2. The van der Waals surface area contributed by atoms with E-state index < -0.39 is 0 Å². The second kappa shape index (κ2) is 4.81. The lowest BCUT2D eigenvalue weighted by atomic mass is 9.97. The van der Waals surface area contributed by atoms with Crippen LogP contribution in [-0.4, -0.2) is 40.0 Å². The number of carbonyl (C=O) groups is 2. The minimum absolute atomic E-state index is 0.211. The number of piperidine rings is 1. The summed E-state index contributed by atoms with van der Waals surface area (Å²) in [7, 11) is 0. The minimum Gasteiger partial charge on any atom is -0.395 e. The van der Waals surface area contributed by atoms with Crippen LogP contribution in [0.5, 0.6) is 0 Å². The first-order valence-electron chi connectivity index (χ1n) is 7.00. The van der Waals surface area contributed by atoms with E-state index in [9.17, 15) is 9.59 Å². The normalized spacial score (nSPS) is 22.8. The van der Waals surface area contributed by atoms with E-state index in [0.717, 1.165) is 31.4 Å². The van der Waals surface area contributed by atoms with Gasteiger partial charge < -0.3 is 16.4 Å². The average Bonchev–Trinajstić information content (AvgIpc) is 3.21. The van der Waals surface area contributed by atoms with Crippen molar-refractivity contribution in [3.63, 3.8) is 0 Å². The van der Waals surface area contributed by atoms with E-state index in [4.69, 9.17) is 11.5 Å². The van der Waals surface area contributed by atoms with Crippen LogP contribution < -0.4 is 11.5 Å². The lowest BCUT2D eigenvalue weighted by Gasteiger charge is -2.30. The summed E-state index contributed by atoms with van der Waals surface area (Å²) < 4.78 is 0. The number of hydrogen-bond acceptors (Lipinski definition) is 4. The van der Waals surface area contributed by atoms with E-state index >= 15 is 0 Å². The average molecular weight is 277 g/mol. The van der Waals surface area contributed by atoms with Gasteiger partial charge in [0.1, 0.15) is 0 Å². The molecule has 0 spiro atoms. The number of hydrogen-bond donors (Lipinski definition) is 3. The Labute approximate surface area is 116 Å². The van der Waals surface area contributed by atoms with E-state index in [1.165, 1.54) is 0 Å². The largest absolute Gasteiger partial charge is 0.395 e. The zero-order valence-corrected chi connectivity index (χ0v) is 11.3. The molecule has 7 heteroatoms. The minimum atomic E-state index is -0.351. The number of amides is 2. The molecule has 20 heavy (non-hydrogen) atoms. The molecule has 1 aliphatic carbocycles. The fourth-order valence-corrected chi connectivity index (χ4v) is 2.75. The molecule has 7 nitrogen and oxygen atoms in total. The first-order chi connectivity index (χ1) is 9.58.